The van der Waals surface area contributed by atoms with Crippen molar-refractivity contribution in [2.45, 2.75) is 6.54 Å². The van der Waals surface area contributed by atoms with Gasteiger partial charge in [0, 0.05) is 23.9 Å². The molecule has 4 nitrogen and oxygen atoms in total. The molecule has 0 aliphatic carbocycles. The molecule has 0 saturated heterocycles. The Labute approximate surface area is 109 Å². The molecule has 2 rings (SSSR count). The maximum atomic E-state index is 13.5. The van der Waals surface area contributed by atoms with Crippen LogP contribution in [0, 0.1) is 11.6 Å². The third-order valence-electron chi connectivity index (χ3n) is 2.66. The summed E-state index contributed by atoms with van der Waals surface area (Å²) >= 11 is 0. The average molecular weight is 264 g/mol. The summed E-state index contributed by atoms with van der Waals surface area (Å²) in [4.78, 5) is 0. The van der Waals surface area contributed by atoms with Gasteiger partial charge in [-0.1, -0.05) is 6.07 Å². The Kier molecular flexibility index (Phi) is 3.82. The first kappa shape index (κ1) is 13.1. The van der Waals surface area contributed by atoms with Gasteiger partial charge in [-0.15, -0.1) is 0 Å². The van der Waals surface area contributed by atoms with Crippen molar-refractivity contribution < 1.29 is 8.78 Å². The van der Waals surface area contributed by atoms with E-state index in [2.05, 4.69) is 10.9 Å². The average Bonchev–Trinajstić information content (AvgIpc) is 2.37. The van der Waals surface area contributed by atoms with E-state index in [9.17, 15) is 8.78 Å². The van der Waals surface area contributed by atoms with Crippen molar-refractivity contribution in [2.24, 2.45) is 0 Å². The Balaban J connectivity index is 2.02. The van der Waals surface area contributed by atoms with E-state index in [1.807, 2.05) is 0 Å². The Hall–Kier alpha value is -2.34. The van der Waals surface area contributed by atoms with Crippen molar-refractivity contribution in [1.82, 2.24) is 5.43 Å². The van der Waals surface area contributed by atoms with Gasteiger partial charge in [0.05, 0.1) is 11.4 Å². The molecule has 6 heteroatoms. The smallest absolute Gasteiger partial charge is 0.129 e. The van der Waals surface area contributed by atoms with Gasteiger partial charge in [0.15, 0.2) is 0 Å². The molecular formula is C13H14F2N4. The molecule has 0 unspecified atom stereocenters. The highest BCUT2D eigenvalue weighted by molar-refractivity contribution is 5.65. The van der Waals surface area contributed by atoms with Crippen LogP contribution in [0.1, 0.15) is 5.56 Å². The molecular weight excluding hydrogens is 250 g/mol. The maximum absolute atomic E-state index is 13.5. The number of nitrogens with one attached hydrogen (secondary N) is 2. The lowest BCUT2D eigenvalue weighted by Gasteiger charge is -2.12. The van der Waals surface area contributed by atoms with E-state index in [1.165, 1.54) is 30.3 Å². The predicted molar refractivity (Wildman–Crippen MR) is 72.1 cm³/mol. The lowest BCUT2D eigenvalue weighted by Crippen LogP contribution is -2.23. The van der Waals surface area contributed by atoms with Gasteiger partial charge in [0.25, 0.3) is 0 Å². The number of halogens is 2. The molecule has 2 aromatic rings. The summed E-state index contributed by atoms with van der Waals surface area (Å²) < 4.78 is 26.5. The maximum Gasteiger partial charge on any atom is 0.129 e. The predicted octanol–water partition coefficient (Wildman–Crippen LogP) is 2.25. The largest absolute Gasteiger partial charge is 0.398 e. The van der Waals surface area contributed by atoms with Crippen LogP contribution >= 0.6 is 0 Å². The van der Waals surface area contributed by atoms with E-state index < -0.39 is 11.6 Å². The highest BCUT2D eigenvalue weighted by atomic mass is 19.1. The van der Waals surface area contributed by atoms with E-state index in [-0.39, 0.29) is 6.54 Å². The number of anilines is 3. The van der Waals surface area contributed by atoms with Crippen molar-refractivity contribution >= 4 is 17.1 Å². The molecule has 0 bridgehead atoms. The summed E-state index contributed by atoms with van der Waals surface area (Å²) in [5, 5.41) is 0. The van der Waals surface area contributed by atoms with Crippen LogP contribution in [0.2, 0.25) is 0 Å². The van der Waals surface area contributed by atoms with E-state index in [1.54, 1.807) is 6.07 Å². The number of nitrogen functional groups attached to an aromatic ring is 2. The summed E-state index contributed by atoms with van der Waals surface area (Å²) in [7, 11) is 0. The zero-order valence-corrected chi connectivity index (χ0v) is 10.1. The summed E-state index contributed by atoms with van der Waals surface area (Å²) in [5.74, 6) is -0.814. The van der Waals surface area contributed by atoms with Crippen molar-refractivity contribution in [1.29, 1.82) is 0 Å². The lowest BCUT2D eigenvalue weighted by atomic mass is 10.2. The van der Waals surface area contributed by atoms with Crippen molar-refractivity contribution in [3.8, 4) is 0 Å². The minimum atomic E-state index is -0.413. The molecule has 0 atom stereocenters. The molecule has 0 saturated carbocycles. The second-order valence-electron chi connectivity index (χ2n) is 4.02. The Morgan fingerprint density at radius 2 is 1.79 bits per heavy atom. The first-order valence-corrected chi connectivity index (χ1v) is 5.64. The highest BCUT2D eigenvalue weighted by Gasteiger charge is 2.06. The number of rotatable bonds is 4. The summed E-state index contributed by atoms with van der Waals surface area (Å²) in [6, 6.07) is 8.41. The first-order valence-electron chi connectivity index (χ1n) is 5.64. The number of hydrogen-bond donors (Lipinski definition) is 4. The number of nitrogens with two attached hydrogens (primary N) is 2. The Morgan fingerprint density at radius 1 is 1.00 bits per heavy atom. The van der Waals surface area contributed by atoms with E-state index in [0.717, 1.165) is 0 Å². The molecule has 0 radical (unpaired) electrons. The topological polar surface area (TPSA) is 76.1 Å². The van der Waals surface area contributed by atoms with Crippen LogP contribution in [-0.2, 0) is 6.54 Å². The van der Waals surface area contributed by atoms with Gasteiger partial charge < -0.3 is 16.9 Å². The molecule has 0 amide bonds. The Bertz CT molecular complexity index is 567. The van der Waals surface area contributed by atoms with E-state index >= 15 is 0 Å². The third kappa shape index (κ3) is 3.11. The zero-order valence-electron chi connectivity index (χ0n) is 10.1. The monoisotopic (exact) mass is 264 g/mol. The van der Waals surface area contributed by atoms with Crippen LogP contribution in [0.5, 0.6) is 0 Å². The van der Waals surface area contributed by atoms with Crippen LogP contribution < -0.4 is 22.3 Å². The minimum absolute atomic E-state index is 0.147. The molecule has 0 aliphatic heterocycles. The van der Waals surface area contributed by atoms with Crippen LogP contribution in [0.4, 0.5) is 25.8 Å². The minimum Gasteiger partial charge on any atom is -0.398 e. The fourth-order valence-electron chi connectivity index (χ4n) is 1.63. The lowest BCUT2D eigenvalue weighted by molar-refractivity contribution is 0.601. The molecule has 0 fully saturated rings. The first-order chi connectivity index (χ1) is 9.08. The van der Waals surface area contributed by atoms with Crippen molar-refractivity contribution in [2.75, 3.05) is 16.9 Å². The van der Waals surface area contributed by atoms with Crippen LogP contribution in [0.3, 0.4) is 0 Å². The molecule has 100 valence electrons. The second-order valence-corrected chi connectivity index (χ2v) is 4.02. The van der Waals surface area contributed by atoms with Gasteiger partial charge in [0.1, 0.15) is 11.6 Å². The molecule has 2 aromatic carbocycles. The highest BCUT2D eigenvalue weighted by Crippen LogP contribution is 2.19. The summed E-state index contributed by atoms with van der Waals surface area (Å²) in [5.41, 5.74) is 18.2. The summed E-state index contributed by atoms with van der Waals surface area (Å²) in [6.45, 7) is 0.147. The third-order valence-corrected chi connectivity index (χ3v) is 2.66. The number of benzene rings is 2. The molecule has 0 heterocycles. The molecule has 0 spiro atoms. The fourth-order valence-corrected chi connectivity index (χ4v) is 1.63. The van der Waals surface area contributed by atoms with Gasteiger partial charge >= 0.3 is 0 Å². The fraction of sp³-hybridized carbons (Fsp3) is 0.0769. The van der Waals surface area contributed by atoms with Gasteiger partial charge in [-0.2, -0.15) is 0 Å². The quantitative estimate of drug-likeness (QED) is 0.504. The van der Waals surface area contributed by atoms with E-state index in [0.29, 0.717) is 22.6 Å². The molecule has 6 N–H and O–H groups in total. The molecule has 19 heavy (non-hydrogen) atoms. The van der Waals surface area contributed by atoms with Gasteiger partial charge in [0.2, 0.25) is 0 Å². The number of hydrogen-bond acceptors (Lipinski definition) is 4. The van der Waals surface area contributed by atoms with Crippen LogP contribution in [0.15, 0.2) is 36.4 Å². The Morgan fingerprint density at radius 3 is 2.53 bits per heavy atom. The second kappa shape index (κ2) is 5.53. The normalized spacial score (nSPS) is 10.4. The van der Waals surface area contributed by atoms with Crippen molar-refractivity contribution in [3.05, 3.63) is 53.6 Å². The van der Waals surface area contributed by atoms with E-state index in [4.69, 9.17) is 11.5 Å². The van der Waals surface area contributed by atoms with Crippen LogP contribution in [-0.4, -0.2) is 0 Å². The number of hydrazine groups is 1. The van der Waals surface area contributed by atoms with Crippen LogP contribution in [0.25, 0.3) is 0 Å². The SMILES string of the molecule is Nc1ccc(F)cc1NNCc1c(N)cccc1F. The van der Waals surface area contributed by atoms with Gasteiger partial charge in [-0.3, -0.25) is 0 Å². The molecule has 0 aromatic heterocycles. The van der Waals surface area contributed by atoms with Crippen molar-refractivity contribution in [3.63, 3.8) is 0 Å². The van der Waals surface area contributed by atoms with Gasteiger partial charge in [-0.25, -0.2) is 14.2 Å². The summed E-state index contributed by atoms with van der Waals surface area (Å²) in [6.07, 6.45) is 0. The standard InChI is InChI=1S/C13H14F2N4/c14-8-4-5-12(17)13(6-8)19-18-7-9-10(15)2-1-3-11(9)16/h1-6,18-19H,7,16-17H2. The zero-order chi connectivity index (χ0) is 13.8. The molecule has 0 aliphatic rings. The van der Waals surface area contributed by atoms with Gasteiger partial charge in [-0.05, 0) is 24.3 Å².